The minimum absolute atomic E-state index is 0.0724. The van der Waals surface area contributed by atoms with Crippen LogP contribution in [-0.2, 0) is 12.6 Å². The van der Waals surface area contributed by atoms with Crippen molar-refractivity contribution in [2.75, 3.05) is 6.61 Å². The minimum Gasteiger partial charge on any atom is -0.396 e. The van der Waals surface area contributed by atoms with Crippen molar-refractivity contribution in [2.45, 2.75) is 12.6 Å². The van der Waals surface area contributed by atoms with Crippen LogP contribution in [0, 0.1) is 3.57 Å². The lowest BCUT2D eigenvalue weighted by Gasteiger charge is -2.06. The quantitative estimate of drug-likeness (QED) is 0.751. The van der Waals surface area contributed by atoms with Gasteiger partial charge in [0.15, 0.2) is 0 Å². The Bertz CT molecular complexity index is 560. The molecule has 0 aliphatic carbocycles. The molecule has 0 fully saturated rings. The Morgan fingerprint density at radius 3 is 2.32 bits per heavy atom. The van der Waals surface area contributed by atoms with Crippen LogP contribution < -0.4 is 0 Å². The number of aliphatic hydroxyl groups excluding tert-OH is 1. The van der Waals surface area contributed by atoms with E-state index in [1.807, 2.05) is 6.07 Å². The number of alkyl halides is 3. The minimum atomic E-state index is -4.30. The number of hydrogen-bond donors (Lipinski definition) is 1. The molecule has 6 heteroatoms. The van der Waals surface area contributed by atoms with Crippen LogP contribution in [0.2, 0.25) is 0 Å². The van der Waals surface area contributed by atoms with Crippen LogP contribution in [-0.4, -0.2) is 11.7 Å². The maximum Gasteiger partial charge on any atom is 0.416 e. The first-order chi connectivity index (χ1) is 8.91. The van der Waals surface area contributed by atoms with Crippen LogP contribution in [0.25, 0.3) is 10.4 Å². The van der Waals surface area contributed by atoms with Crippen molar-refractivity contribution in [2.24, 2.45) is 0 Å². The molecule has 0 aliphatic heterocycles. The van der Waals surface area contributed by atoms with Crippen molar-refractivity contribution in [3.63, 3.8) is 0 Å². The first kappa shape index (κ1) is 14.8. The molecule has 0 amide bonds. The van der Waals surface area contributed by atoms with Gasteiger partial charge in [0.1, 0.15) is 0 Å². The lowest BCUT2D eigenvalue weighted by molar-refractivity contribution is -0.137. The van der Waals surface area contributed by atoms with Gasteiger partial charge in [-0.15, -0.1) is 11.3 Å². The Hall–Kier alpha value is -0.600. The summed E-state index contributed by atoms with van der Waals surface area (Å²) in [5, 5.41) is 8.93. The first-order valence-electron chi connectivity index (χ1n) is 5.48. The van der Waals surface area contributed by atoms with Crippen LogP contribution in [0.15, 0.2) is 30.3 Å². The van der Waals surface area contributed by atoms with Gasteiger partial charge in [0.05, 0.1) is 5.56 Å². The molecule has 19 heavy (non-hydrogen) atoms. The van der Waals surface area contributed by atoms with E-state index in [2.05, 4.69) is 22.6 Å². The van der Waals surface area contributed by atoms with E-state index in [0.717, 1.165) is 31.0 Å². The Morgan fingerprint density at radius 1 is 1.16 bits per heavy atom. The third kappa shape index (κ3) is 3.49. The van der Waals surface area contributed by atoms with Crippen molar-refractivity contribution in [1.82, 2.24) is 0 Å². The van der Waals surface area contributed by atoms with E-state index in [0.29, 0.717) is 6.42 Å². The van der Waals surface area contributed by atoms with E-state index in [1.165, 1.54) is 23.5 Å². The zero-order valence-electron chi connectivity index (χ0n) is 9.67. The average molecular weight is 398 g/mol. The summed E-state index contributed by atoms with van der Waals surface area (Å²) in [4.78, 5) is 1.97. The zero-order valence-corrected chi connectivity index (χ0v) is 12.6. The fourth-order valence-corrected chi connectivity index (χ4v) is 3.81. The molecule has 0 spiro atoms. The highest BCUT2D eigenvalue weighted by atomic mass is 127. The van der Waals surface area contributed by atoms with Crippen LogP contribution >= 0.6 is 33.9 Å². The molecule has 2 aromatic rings. The maximum absolute atomic E-state index is 12.5. The molecule has 1 aromatic heterocycles. The molecule has 0 aliphatic rings. The van der Waals surface area contributed by atoms with Gasteiger partial charge in [-0.2, -0.15) is 13.2 Å². The molecule has 1 heterocycles. The van der Waals surface area contributed by atoms with E-state index >= 15 is 0 Å². The van der Waals surface area contributed by atoms with Crippen molar-refractivity contribution < 1.29 is 18.3 Å². The Balaban J connectivity index is 2.30. The fraction of sp³-hybridized carbons (Fsp3) is 0.231. The predicted octanol–water partition coefficient (Wildman–Crippen LogP) is 4.57. The molecule has 1 aromatic carbocycles. The van der Waals surface area contributed by atoms with Gasteiger partial charge in [0.25, 0.3) is 0 Å². The van der Waals surface area contributed by atoms with Gasteiger partial charge < -0.3 is 5.11 Å². The normalized spacial score (nSPS) is 11.8. The van der Waals surface area contributed by atoms with Crippen molar-refractivity contribution >= 4 is 33.9 Å². The van der Waals surface area contributed by atoms with E-state index < -0.39 is 11.7 Å². The molecule has 1 nitrogen and oxygen atoms in total. The lowest BCUT2D eigenvalue weighted by atomic mass is 10.1. The second-order valence-corrected chi connectivity index (χ2v) is 6.23. The smallest absolute Gasteiger partial charge is 0.396 e. The molecular weight excluding hydrogens is 388 g/mol. The van der Waals surface area contributed by atoms with Gasteiger partial charge in [-0.05, 0) is 46.4 Å². The summed E-state index contributed by atoms with van der Waals surface area (Å²) in [5.41, 5.74) is 0.123. The number of hydrogen-bond acceptors (Lipinski definition) is 2. The molecule has 0 bridgehead atoms. The largest absolute Gasteiger partial charge is 0.416 e. The molecule has 0 saturated carbocycles. The summed E-state index contributed by atoms with van der Waals surface area (Å²) >= 11 is 3.67. The second-order valence-electron chi connectivity index (χ2n) is 3.93. The van der Waals surface area contributed by atoms with Gasteiger partial charge in [-0.25, -0.2) is 0 Å². The SMILES string of the molecule is OCCc1sc(-c2ccc(C(F)(F)F)cc2)cc1I. The summed E-state index contributed by atoms with van der Waals surface area (Å²) in [6.07, 6.45) is -3.73. The molecule has 0 unspecified atom stereocenters. The summed E-state index contributed by atoms with van der Waals surface area (Å²) in [7, 11) is 0. The molecule has 1 N–H and O–H groups in total. The third-order valence-corrected chi connectivity index (χ3v) is 5.17. The predicted molar refractivity (Wildman–Crippen MR) is 78.3 cm³/mol. The summed E-state index contributed by atoms with van der Waals surface area (Å²) < 4.78 is 38.4. The zero-order chi connectivity index (χ0) is 14.0. The van der Waals surface area contributed by atoms with Gasteiger partial charge in [0.2, 0.25) is 0 Å². The topological polar surface area (TPSA) is 20.2 Å². The third-order valence-electron chi connectivity index (χ3n) is 2.59. The fourth-order valence-electron chi connectivity index (χ4n) is 1.64. The first-order valence-corrected chi connectivity index (χ1v) is 7.38. The monoisotopic (exact) mass is 398 g/mol. The number of halogens is 4. The second kappa shape index (κ2) is 5.80. The lowest BCUT2D eigenvalue weighted by Crippen LogP contribution is -2.03. The summed E-state index contributed by atoms with van der Waals surface area (Å²) in [6.45, 7) is 0.0724. The molecule has 0 saturated heterocycles. The Labute approximate surface area is 126 Å². The van der Waals surface area contributed by atoms with Crippen molar-refractivity contribution in [3.05, 3.63) is 44.3 Å². The molecule has 2 rings (SSSR count). The van der Waals surface area contributed by atoms with E-state index in [1.54, 1.807) is 0 Å². The highest BCUT2D eigenvalue weighted by Crippen LogP contribution is 2.35. The van der Waals surface area contributed by atoms with Gasteiger partial charge in [-0.1, -0.05) is 12.1 Å². The van der Waals surface area contributed by atoms with Gasteiger partial charge >= 0.3 is 6.18 Å². The number of thiophene rings is 1. The molecule has 0 radical (unpaired) electrons. The highest BCUT2D eigenvalue weighted by Gasteiger charge is 2.30. The molecule has 0 atom stereocenters. The summed E-state index contributed by atoms with van der Waals surface area (Å²) in [5.74, 6) is 0. The molecule has 102 valence electrons. The standard InChI is InChI=1S/C13H10F3IOS/c14-13(15,16)9-3-1-8(2-4-9)12-7-10(17)11(19-12)5-6-18/h1-4,7,18H,5-6H2. The van der Waals surface area contributed by atoms with Crippen LogP contribution in [0.5, 0.6) is 0 Å². The highest BCUT2D eigenvalue weighted by molar-refractivity contribution is 14.1. The van der Waals surface area contributed by atoms with Gasteiger partial charge in [0, 0.05) is 26.4 Å². The van der Waals surface area contributed by atoms with E-state index in [-0.39, 0.29) is 6.61 Å². The summed E-state index contributed by atoms with van der Waals surface area (Å²) in [6, 6.07) is 7.07. The maximum atomic E-state index is 12.5. The van der Waals surface area contributed by atoms with Crippen LogP contribution in [0.1, 0.15) is 10.4 Å². The average Bonchev–Trinajstić information content (AvgIpc) is 2.71. The molecular formula is C13H10F3IOS. The number of rotatable bonds is 3. The Morgan fingerprint density at radius 2 is 1.79 bits per heavy atom. The van der Waals surface area contributed by atoms with Crippen LogP contribution in [0.4, 0.5) is 13.2 Å². The number of aliphatic hydroxyl groups is 1. The van der Waals surface area contributed by atoms with Crippen molar-refractivity contribution in [1.29, 1.82) is 0 Å². The van der Waals surface area contributed by atoms with E-state index in [4.69, 9.17) is 5.11 Å². The van der Waals surface area contributed by atoms with E-state index in [9.17, 15) is 13.2 Å². The van der Waals surface area contributed by atoms with Crippen LogP contribution in [0.3, 0.4) is 0 Å². The van der Waals surface area contributed by atoms with Crippen molar-refractivity contribution in [3.8, 4) is 10.4 Å². The Kier molecular flexibility index (Phi) is 4.52. The van der Waals surface area contributed by atoms with Gasteiger partial charge in [-0.3, -0.25) is 0 Å². The number of benzene rings is 1.